The molecule has 0 unspecified atom stereocenters. The Morgan fingerprint density at radius 3 is 2.53 bits per heavy atom. The second kappa shape index (κ2) is 5.14. The maximum absolute atomic E-state index is 13.6. The minimum absolute atomic E-state index is 0.142. The maximum Gasteiger partial charge on any atom is 0.126 e. The molecule has 2 heteroatoms. The molecule has 1 aliphatic rings. The van der Waals surface area contributed by atoms with Gasteiger partial charge in [-0.25, -0.2) is 4.39 Å². The van der Waals surface area contributed by atoms with Gasteiger partial charge in [0, 0.05) is 12.6 Å². The summed E-state index contributed by atoms with van der Waals surface area (Å²) in [6.45, 7) is 2.75. The summed E-state index contributed by atoms with van der Waals surface area (Å²) in [5, 5.41) is 3.49. The van der Waals surface area contributed by atoms with Gasteiger partial charge in [-0.2, -0.15) is 0 Å². The highest BCUT2D eigenvalue weighted by atomic mass is 19.1. The molecule has 0 aliphatic heterocycles. The Labute approximate surface area is 113 Å². The quantitative estimate of drug-likeness (QED) is 0.869. The zero-order valence-electron chi connectivity index (χ0n) is 11.1. The van der Waals surface area contributed by atoms with Gasteiger partial charge in [0.2, 0.25) is 0 Å². The van der Waals surface area contributed by atoms with E-state index in [-0.39, 0.29) is 5.82 Å². The van der Waals surface area contributed by atoms with E-state index in [9.17, 15) is 4.39 Å². The van der Waals surface area contributed by atoms with Crippen LogP contribution in [-0.2, 0) is 6.54 Å². The zero-order valence-corrected chi connectivity index (χ0v) is 11.1. The van der Waals surface area contributed by atoms with Gasteiger partial charge in [0.05, 0.1) is 0 Å². The van der Waals surface area contributed by atoms with Crippen molar-refractivity contribution in [1.82, 2.24) is 5.32 Å². The lowest BCUT2D eigenvalue weighted by atomic mass is 9.99. The summed E-state index contributed by atoms with van der Waals surface area (Å²) in [5.74, 6) is -0.142. The Morgan fingerprint density at radius 1 is 1.11 bits per heavy atom. The smallest absolute Gasteiger partial charge is 0.126 e. The van der Waals surface area contributed by atoms with Crippen LogP contribution >= 0.6 is 0 Å². The molecule has 1 fully saturated rings. The predicted octanol–water partition coefficient (Wildman–Crippen LogP) is 4.05. The number of hydrogen-bond donors (Lipinski definition) is 1. The summed E-state index contributed by atoms with van der Waals surface area (Å²) in [6.07, 6.45) is 2.61. The van der Waals surface area contributed by atoms with Crippen molar-refractivity contribution in [3.05, 3.63) is 59.4 Å². The standard InChI is InChI=1S/C17H18FN/c1-12-16(3-2-4-17(12)18)14-7-5-13(6-8-14)11-19-15-9-10-15/h2-8,15,19H,9-11H2,1H3. The van der Waals surface area contributed by atoms with E-state index < -0.39 is 0 Å². The number of halogens is 1. The van der Waals surface area contributed by atoms with Crippen LogP contribution in [0.2, 0.25) is 0 Å². The highest BCUT2D eigenvalue weighted by Crippen LogP contribution is 2.25. The molecule has 1 saturated carbocycles. The van der Waals surface area contributed by atoms with Gasteiger partial charge in [0.15, 0.2) is 0 Å². The van der Waals surface area contributed by atoms with Gasteiger partial charge in [-0.1, -0.05) is 36.4 Å². The normalized spacial score (nSPS) is 14.6. The Balaban J connectivity index is 1.79. The fraction of sp³-hybridized carbons (Fsp3) is 0.294. The van der Waals surface area contributed by atoms with Crippen LogP contribution < -0.4 is 5.32 Å². The lowest BCUT2D eigenvalue weighted by Crippen LogP contribution is -2.15. The molecule has 0 atom stereocenters. The van der Waals surface area contributed by atoms with Crippen LogP contribution in [0.4, 0.5) is 4.39 Å². The van der Waals surface area contributed by atoms with E-state index in [0.717, 1.165) is 23.7 Å². The van der Waals surface area contributed by atoms with Crippen LogP contribution in [0, 0.1) is 12.7 Å². The van der Waals surface area contributed by atoms with Crippen LogP contribution in [0.1, 0.15) is 24.0 Å². The second-order valence-corrected chi connectivity index (χ2v) is 5.26. The van der Waals surface area contributed by atoms with Crippen molar-refractivity contribution < 1.29 is 4.39 Å². The van der Waals surface area contributed by atoms with Crippen molar-refractivity contribution in [3.8, 4) is 11.1 Å². The summed E-state index contributed by atoms with van der Waals surface area (Å²) < 4.78 is 13.6. The first kappa shape index (κ1) is 12.4. The zero-order chi connectivity index (χ0) is 13.2. The highest BCUT2D eigenvalue weighted by molar-refractivity contribution is 5.67. The molecule has 0 amide bonds. The van der Waals surface area contributed by atoms with Crippen molar-refractivity contribution in [2.45, 2.75) is 32.4 Å². The maximum atomic E-state index is 13.6. The largest absolute Gasteiger partial charge is 0.310 e. The monoisotopic (exact) mass is 255 g/mol. The van der Waals surface area contributed by atoms with Gasteiger partial charge in [0.1, 0.15) is 5.82 Å². The molecular weight excluding hydrogens is 237 g/mol. The second-order valence-electron chi connectivity index (χ2n) is 5.26. The highest BCUT2D eigenvalue weighted by Gasteiger charge is 2.19. The first-order chi connectivity index (χ1) is 9.24. The molecule has 98 valence electrons. The topological polar surface area (TPSA) is 12.0 Å². The van der Waals surface area contributed by atoms with Crippen molar-refractivity contribution in [3.63, 3.8) is 0 Å². The lowest BCUT2D eigenvalue weighted by Gasteiger charge is -2.08. The number of benzene rings is 2. The number of rotatable bonds is 4. The molecule has 1 N–H and O–H groups in total. The van der Waals surface area contributed by atoms with E-state index in [2.05, 4.69) is 29.6 Å². The van der Waals surface area contributed by atoms with Gasteiger partial charge >= 0.3 is 0 Å². The average Bonchev–Trinajstić information content (AvgIpc) is 3.25. The van der Waals surface area contributed by atoms with Crippen molar-refractivity contribution in [2.75, 3.05) is 0 Å². The summed E-state index contributed by atoms with van der Waals surface area (Å²) in [5.41, 5.74) is 4.05. The average molecular weight is 255 g/mol. The van der Waals surface area contributed by atoms with Crippen LogP contribution in [0.15, 0.2) is 42.5 Å². The van der Waals surface area contributed by atoms with E-state index in [1.165, 1.54) is 24.5 Å². The van der Waals surface area contributed by atoms with Gasteiger partial charge in [0.25, 0.3) is 0 Å². The van der Waals surface area contributed by atoms with Crippen LogP contribution in [0.5, 0.6) is 0 Å². The molecule has 19 heavy (non-hydrogen) atoms. The van der Waals surface area contributed by atoms with Crippen LogP contribution in [0.3, 0.4) is 0 Å². The van der Waals surface area contributed by atoms with Crippen LogP contribution in [-0.4, -0.2) is 6.04 Å². The summed E-state index contributed by atoms with van der Waals surface area (Å²) >= 11 is 0. The summed E-state index contributed by atoms with van der Waals surface area (Å²) in [4.78, 5) is 0. The fourth-order valence-electron chi connectivity index (χ4n) is 2.27. The molecule has 1 aliphatic carbocycles. The molecule has 0 aromatic heterocycles. The summed E-state index contributed by atoms with van der Waals surface area (Å²) in [7, 11) is 0. The van der Waals surface area contributed by atoms with E-state index >= 15 is 0 Å². The molecule has 2 aromatic carbocycles. The first-order valence-electron chi connectivity index (χ1n) is 6.82. The lowest BCUT2D eigenvalue weighted by molar-refractivity contribution is 0.619. The summed E-state index contributed by atoms with van der Waals surface area (Å²) in [6, 6.07) is 14.4. The van der Waals surface area contributed by atoms with E-state index in [1.54, 1.807) is 6.07 Å². The van der Waals surface area contributed by atoms with Gasteiger partial charge in [-0.15, -0.1) is 0 Å². The first-order valence-corrected chi connectivity index (χ1v) is 6.82. The molecule has 2 aromatic rings. The molecule has 0 spiro atoms. The van der Waals surface area contributed by atoms with Crippen molar-refractivity contribution >= 4 is 0 Å². The van der Waals surface area contributed by atoms with Crippen molar-refractivity contribution in [2.24, 2.45) is 0 Å². The van der Waals surface area contributed by atoms with E-state index in [0.29, 0.717) is 5.56 Å². The third-order valence-electron chi connectivity index (χ3n) is 3.70. The minimum Gasteiger partial charge on any atom is -0.310 e. The van der Waals surface area contributed by atoms with E-state index in [1.807, 2.05) is 13.0 Å². The fourth-order valence-corrected chi connectivity index (χ4v) is 2.27. The van der Waals surface area contributed by atoms with E-state index in [4.69, 9.17) is 0 Å². The van der Waals surface area contributed by atoms with Crippen LogP contribution in [0.25, 0.3) is 11.1 Å². The Kier molecular flexibility index (Phi) is 3.34. The molecule has 0 heterocycles. The SMILES string of the molecule is Cc1c(F)cccc1-c1ccc(CNC2CC2)cc1. The molecule has 3 rings (SSSR count). The molecule has 1 nitrogen and oxygen atoms in total. The Morgan fingerprint density at radius 2 is 1.84 bits per heavy atom. The van der Waals surface area contributed by atoms with Crippen molar-refractivity contribution in [1.29, 1.82) is 0 Å². The molecule has 0 bridgehead atoms. The number of nitrogens with one attached hydrogen (secondary N) is 1. The van der Waals surface area contributed by atoms with Gasteiger partial charge in [-0.3, -0.25) is 0 Å². The third kappa shape index (κ3) is 2.85. The van der Waals surface area contributed by atoms with Gasteiger partial charge < -0.3 is 5.32 Å². The molecule has 0 radical (unpaired) electrons. The predicted molar refractivity (Wildman–Crippen MR) is 76.4 cm³/mol. The Bertz CT molecular complexity index is 570. The molecule has 0 saturated heterocycles. The minimum atomic E-state index is -0.142. The Hall–Kier alpha value is -1.67. The third-order valence-corrected chi connectivity index (χ3v) is 3.70. The molecular formula is C17H18FN. The van der Waals surface area contributed by atoms with Gasteiger partial charge in [-0.05, 0) is 48.1 Å². The number of hydrogen-bond acceptors (Lipinski definition) is 1.